The topological polar surface area (TPSA) is 57.3 Å². The van der Waals surface area contributed by atoms with Crippen molar-refractivity contribution in [2.45, 2.75) is 46.7 Å². The molecule has 5 nitrogen and oxygen atoms in total. The monoisotopic (exact) mass is 292 g/mol. The van der Waals surface area contributed by atoms with Crippen molar-refractivity contribution in [2.24, 2.45) is 0 Å². The first-order valence-electron chi connectivity index (χ1n) is 7.69. The van der Waals surface area contributed by atoms with Crippen molar-refractivity contribution in [1.29, 1.82) is 0 Å². The number of pyridine rings is 1. The Morgan fingerprint density at radius 1 is 1.29 bits per heavy atom. The summed E-state index contributed by atoms with van der Waals surface area (Å²) in [7, 11) is 0. The van der Waals surface area contributed by atoms with E-state index < -0.39 is 0 Å². The van der Waals surface area contributed by atoms with Gasteiger partial charge in [-0.15, -0.1) is 0 Å². The molecule has 0 bridgehead atoms. The van der Waals surface area contributed by atoms with Gasteiger partial charge >= 0.3 is 0 Å². The van der Waals surface area contributed by atoms with E-state index >= 15 is 0 Å². The maximum absolute atomic E-state index is 12.3. The molecule has 0 spiro atoms. The van der Waals surface area contributed by atoms with Gasteiger partial charge in [-0.1, -0.05) is 0 Å². The number of aromatic nitrogens is 1. The average Bonchev–Trinajstić information content (AvgIpc) is 2.43. The van der Waals surface area contributed by atoms with Crippen LogP contribution in [-0.2, 0) is 0 Å². The third-order valence-corrected chi connectivity index (χ3v) is 3.42. The molecule has 0 aliphatic carbocycles. The van der Waals surface area contributed by atoms with Gasteiger partial charge in [-0.25, -0.2) is 0 Å². The molecule has 0 saturated carbocycles. The first-order chi connectivity index (χ1) is 9.97. The minimum absolute atomic E-state index is 0.0773. The minimum Gasteiger partial charge on any atom is -0.385 e. The lowest BCUT2D eigenvalue weighted by Crippen LogP contribution is -2.42. The van der Waals surface area contributed by atoms with Crippen molar-refractivity contribution in [3.63, 3.8) is 0 Å². The molecule has 0 aromatic carbocycles. The number of nitrogens with one attached hydrogen (secondary N) is 2. The standard InChI is InChI=1S/C16H28N4O/c1-6-18-15-7-8-17-11-14(15)16(21)19-9-10-20(12(2)3)13(4)5/h7-8,11-13H,6,9-10H2,1-5H3,(H,17,18)(H,19,21). The summed E-state index contributed by atoms with van der Waals surface area (Å²) in [5.74, 6) is -0.0773. The summed E-state index contributed by atoms with van der Waals surface area (Å²) in [6.45, 7) is 13.0. The lowest BCUT2D eigenvalue weighted by molar-refractivity contribution is 0.0940. The van der Waals surface area contributed by atoms with Crippen molar-refractivity contribution < 1.29 is 4.79 Å². The van der Waals surface area contributed by atoms with Gasteiger partial charge in [0.2, 0.25) is 0 Å². The second kappa shape index (κ2) is 8.62. The molecule has 0 aliphatic rings. The number of carbonyl (C=O) groups is 1. The fourth-order valence-electron chi connectivity index (χ4n) is 2.43. The lowest BCUT2D eigenvalue weighted by atomic mass is 10.2. The number of nitrogens with zero attached hydrogens (tertiary/aromatic N) is 2. The van der Waals surface area contributed by atoms with E-state index in [0.717, 1.165) is 18.8 Å². The van der Waals surface area contributed by atoms with Gasteiger partial charge in [-0.3, -0.25) is 14.7 Å². The van der Waals surface area contributed by atoms with E-state index in [1.807, 2.05) is 13.0 Å². The Bertz CT molecular complexity index is 438. The van der Waals surface area contributed by atoms with Crippen LogP contribution < -0.4 is 10.6 Å². The van der Waals surface area contributed by atoms with Crippen molar-refractivity contribution in [3.8, 4) is 0 Å². The van der Waals surface area contributed by atoms with E-state index in [1.54, 1.807) is 12.4 Å². The van der Waals surface area contributed by atoms with Gasteiger partial charge < -0.3 is 10.6 Å². The smallest absolute Gasteiger partial charge is 0.254 e. The fraction of sp³-hybridized carbons (Fsp3) is 0.625. The molecule has 118 valence electrons. The van der Waals surface area contributed by atoms with Crippen LogP contribution in [0.15, 0.2) is 18.5 Å². The van der Waals surface area contributed by atoms with E-state index in [-0.39, 0.29) is 5.91 Å². The molecule has 1 rings (SSSR count). The van der Waals surface area contributed by atoms with Crippen molar-refractivity contribution in [1.82, 2.24) is 15.2 Å². The Labute approximate surface area is 128 Å². The minimum atomic E-state index is -0.0773. The van der Waals surface area contributed by atoms with Crippen LogP contribution in [0.1, 0.15) is 45.0 Å². The average molecular weight is 292 g/mol. The molecule has 0 fully saturated rings. The first kappa shape index (κ1) is 17.4. The van der Waals surface area contributed by atoms with Gasteiger partial charge in [0.05, 0.1) is 11.3 Å². The Balaban J connectivity index is 2.58. The van der Waals surface area contributed by atoms with Gasteiger partial charge in [0.1, 0.15) is 0 Å². The summed E-state index contributed by atoms with van der Waals surface area (Å²) in [4.78, 5) is 18.6. The summed E-state index contributed by atoms with van der Waals surface area (Å²) in [6.07, 6.45) is 3.30. The molecule has 0 aliphatic heterocycles. The molecule has 0 radical (unpaired) electrons. The van der Waals surface area contributed by atoms with Crippen LogP contribution in [0, 0.1) is 0 Å². The number of rotatable bonds is 8. The van der Waals surface area contributed by atoms with Crippen LogP contribution >= 0.6 is 0 Å². The predicted molar refractivity (Wildman–Crippen MR) is 87.7 cm³/mol. The van der Waals surface area contributed by atoms with Crippen molar-refractivity contribution in [3.05, 3.63) is 24.0 Å². The quantitative estimate of drug-likeness (QED) is 0.772. The SMILES string of the molecule is CCNc1ccncc1C(=O)NCCN(C(C)C)C(C)C. The molecule has 2 N–H and O–H groups in total. The van der Waals surface area contributed by atoms with E-state index in [9.17, 15) is 4.79 Å². The van der Waals surface area contributed by atoms with Crippen LogP contribution in [0.4, 0.5) is 5.69 Å². The molecule has 0 unspecified atom stereocenters. The summed E-state index contributed by atoms with van der Waals surface area (Å²) in [5.41, 5.74) is 1.43. The zero-order valence-electron chi connectivity index (χ0n) is 13.8. The Morgan fingerprint density at radius 2 is 1.95 bits per heavy atom. The lowest BCUT2D eigenvalue weighted by Gasteiger charge is -2.30. The van der Waals surface area contributed by atoms with Crippen LogP contribution in [0.5, 0.6) is 0 Å². The zero-order chi connectivity index (χ0) is 15.8. The number of amides is 1. The van der Waals surface area contributed by atoms with Crippen LogP contribution in [0.25, 0.3) is 0 Å². The summed E-state index contributed by atoms with van der Waals surface area (Å²) >= 11 is 0. The number of hydrogen-bond donors (Lipinski definition) is 2. The van der Waals surface area contributed by atoms with Gasteiger partial charge in [0.15, 0.2) is 0 Å². The second-order valence-electron chi connectivity index (χ2n) is 5.63. The number of hydrogen-bond acceptors (Lipinski definition) is 4. The highest BCUT2D eigenvalue weighted by atomic mass is 16.1. The maximum atomic E-state index is 12.3. The number of carbonyl (C=O) groups excluding carboxylic acids is 1. The third-order valence-electron chi connectivity index (χ3n) is 3.42. The van der Waals surface area contributed by atoms with E-state index in [4.69, 9.17) is 0 Å². The van der Waals surface area contributed by atoms with E-state index in [2.05, 4.69) is 48.2 Å². The first-order valence-corrected chi connectivity index (χ1v) is 7.69. The van der Waals surface area contributed by atoms with Gasteiger partial charge in [0.25, 0.3) is 5.91 Å². The molecule has 21 heavy (non-hydrogen) atoms. The molecule has 0 atom stereocenters. The van der Waals surface area contributed by atoms with Gasteiger partial charge in [-0.2, -0.15) is 0 Å². The highest BCUT2D eigenvalue weighted by Gasteiger charge is 2.14. The third kappa shape index (κ3) is 5.34. The molecule has 1 amide bonds. The largest absolute Gasteiger partial charge is 0.385 e. The summed E-state index contributed by atoms with van der Waals surface area (Å²) < 4.78 is 0. The van der Waals surface area contributed by atoms with Gasteiger partial charge in [-0.05, 0) is 40.7 Å². The fourth-order valence-corrected chi connectivity index (χ4v) is 2.43. The Kier molecular flexibility index (Phi) is 7.15. The van der Waals surface area contributed by atoms with E-state index in [0.29, 0.717) is 24.2 Å². The summed E-state index contributed by atoms with van der Waals surface area (Å²) in [5, 5.41) is 6.16. The van der Waals surface area contributed by atoms with Crippen LogP contribution in [0.2, 0.25) is 0 Å². The highest BCUT2D eigenvalue weighted by Crippen LogP contribution is 2.12. The van der Waals surface area contributed by atoms with Gasteiger partial charge in [0, 0.05) is 44.1 Å². The molecular formula is C16H28N4O. The number of anilines is 1. The van der Waals surface area contributed by atoms with Crippen LogP contribution in [0.3, 0.4) is 0 Å². The van der Waals surface area contributed by atoms with Crippen molar-refractivity contribution in [2.75, 3.05) is 25.0 Å². The van der Waals surface area contributed by atoms with E-state index in [1.165, 1.54) is 0 Å². The highest BCUT2D eigenvalue weighted by molar-refractivity contribution is 5.99. The zero-order valence-corrected chi connectivity index (χ0v) is 13.8. The second-order valence-corrected chi connectivity index (χ2v) is 5.63. The molecule has 0 saturated heterocycles. The normalized spacial score (nSPS) is 11.2. The molecule has 1 heterocycles. The molecule has 1 aromatic heterocycles. The summed E-state index contributed by atoms with van der Waals surface area (Å²) in [6, 6.07) is 2.77. The molecule has 5 heteroatoms. The van der Waals surface area contributed by atoms with Crippen LogP contribution in [-0.4, -0.2) is 47.5 Å². The molecule has 1 aromatic rings. The Morgan fingerprint density at radius 3 is 2.52 bits per heavy atom. The Hall–Kier alpha value is -1.62. The molecular weight excluding hydrogens is 264 g/mol. The maximum Gasteiger partial charge on any atom is 0.254 e. The predicted octanol–water partition coefficient (Wildman–Crippen LogP) is 2.36. The van der Waals surface area contributed by atoms with Crippen molar-refractivity contribution >= 4 is 11.6 Å².